The largest absolute Gasteiger partial charge is 0.453 e. The number of aliphatic imine (C=N–C) groups is 1. The normalized spacial score (nSPS) is 26.1. The van der Waals surface area contributed by atoms with Gasteiger partial charge in [-0.25, -0.2) is 36.5 Å². The number of aromatic nitrogens is 2. The molecule has 3 aromatic rings. The second-order valence-electron chi connectivity index (χ2n) is 22.5. The summed E-state index contributed by atoms with van der Waals surface area (Å²) in [5, 5.41) is 8.63. The maximum absolute atomic E-state index is 17.2. The molecule has 22 heteroatoms. The van der Waals surface area contributed by atoms with Crippen molar-refractivity contribution >= 4 is 47.2 Å². The van der Waals surface area contributed by atoms with Crippen LogP contribution in [0.2, 0.25) is 0 Å². The van der Waals surface area contributed by atoms with Crippen LogP contribution >= 0.6 is 0 Å². The Morgan fingerprint density at radius 3 is 2.10 bits per heavy atom. The molecule has 3 amide bonds. The number of ether oxygens (including phenoxy) is 4. The molecule has 3 aliphatic carbocycles. The van der Waals surface area contributed by atoms with E-state index < -0.39 is 102 Å². The van der Waals surface area contributed by atoms with E-state index in [1.807, 2.05) is 0 Å². The highest BCUT2D eigenvalue weighted by molar-refractivity contribution is 5.97. The fourth-order valence-corrected chi connectivity index (χ4v) is 13.5. The highest BCUT2D eigenvalue weighted by Crippen LogP contribution is 2.47. The second-order valence-corrected chi connectivity index (χ2v) is 22.5. The minimum Gasteiger partial charge on any atom is -0.453 e. The molecule has 1 saturated carbocycles. The summed E-state index contributed by atoms with van der Waals surface area (Å²) in [6, 6.07) is 3.89. The van der Waals surface area contributed by atoms with Gasteiger partial charge < -0.3 is 54.6 Å². The average molecular weight is 1140 g/mol. The smallest absolute Gasteiger partial charge is 0.407 e. The van der Waals surface area contributed by atoms with Crippen molar-refractivity contribution in [1.82, 2.24) is 30.8 Å². The topological polar surface area (TPSA) is 192 Å². The van der Waals surface area contributed by atoms with Crippen molar-refractivity contribution in [2.45, 2.75) is 145 Å². The zero-order chi connectivity index (χ0) is 58.1. The lowest BCUT2D eigenvalue weighted by molar-refractivity contribution is -0.136. The quantitative estimate of drug-likeness (QED) is 0.0997. The van der Waals surface area contributed by atoms with Gasteiger partial charge in [0.25, 0.3) is 0 Å². The minimum atomic E-state index is -1.06. The predicted octanol–water partition coefficient (Wildman–Crippen LogP) is 9.13. The number of nitrogens with one attached hydrogen (secondary N) is 4. The molecule has 3 unspecified atom stereocenters. The first-order valence-corrected chi connectivity index (χ1v) is 28.5. The van der Waals surface area contributed by atoms with E-state index >= 15 is 17.6 Å². The van der Waals surface area contributed by atoms with Gasteiger partial charge >= 0.3 is 12.2 Å². The monoisotopic (exact) mass is 1140 g/mol. The first-order valence-electron chi connectivity index (χ1n) is 28.5. The summed E-state index contributed by atoms with van der Waals surface area (Å²) in [5.41, 5.74) is 2.52. The van der Waals surface area contributed by atoms with E-state index in [1.54, 1.807) is 52.8 Å². The van der Waals surface area contributed by atoms with Crippen molar-refractivity contribution in [3.05, 3.63) is 118 Å². The summed E-state index contributed by atoms with van der Waals surface area (Å²) in [6.07, 6.45) is 8.74. The average Bonchev–Trinajstić information content (AvgIpc) is 4.13. The van der Waals surface area contributed by atoms with E-state index in [9.17, 15) is 23.6 Å². The third-order valence-corrected chi connectivity index (χ3v) is 18.0. The first-order chi connectivity index (χ1) is 39.5. The third-order valence-electron chi connectivity index (χ3n) is 18.0. The van der Waals surface area contributed by atoms with Crippen LogP contribution in [0.5, 0.6) is 0 Å². The number of aromatic amines is 1. The number of H-pyrrole nitrogens is 1. The number of anilines is 2. The lowest BCUT2D eigenvalue weighted by Crippen LogP contribution is -2.56. The number of nitrogens with zero attached hydrogens (tertiary/aromatic N) is 5. The molecule has 17 nitrogen and oxygen atoms in total. The molecule has 2 aromatic carbocycles. The Balaban J connectivity index is 0.952. The van der Waals surface area contributed by atoms with Crippen LogP contribution in [0.3, 0.4) is 0 Å². The van der Waals surface area contributed by atoms with Gasteiger partial charge in [0.2, 0.25) is 5.91 Å². The van der Waals surface area contributed by atoms with Gasteiger partial charge in [0, 0.05) is 86.7 Å². The number of benzene rings is 2. The number of imidazole rings is 1. The molecule has 3 saturated heterocycles. The van der Waals surface area contributed by atoms with Gasteiger partial charge in [0.15, 0.2) is 17.4 Å². The van der Waals surface area contributed by atoms with Gasteiger partial charge in [0.1, 0.15) is 52.9 Å². The van der Waals surface area contributed by atoms with E-state index in [-0.39, 0.29) is 53.2 Å². The molecule has 440 valence electrons. The SMILES string of the molecule is COC(=O)N[C@H](C(=O)C1CCCC[C@H]1c1nc2c([nH]1)CC([C@H]1CC[C@H](C3=C(F)C=CC4N=C([C@@H]5CCCN5C(=O)[C@@H](NC(=O)OC)[C@@H](C)OC)NC4=C3)N1c1cc(F)c(N3CCC(c4ccc(F)cc4)CC3)c(F)c1)C(F)=C2)[C@@H](C)OC. The van der Waals surface area contributed by atoms with Gasteiger partial charge in [-0.1, -0.05) is 31.1 Å². The molecule has 82 heavy (non-hydrogen) atoms. The van der Waals surface area contributed by atoms with Crippen LogP contribution in [-0.2, 0) is 35.0 Å². The van der Waals surface area contributed by atoms with Gasteiger partial charge in [0.05, 0.1) is 44.2 Å². The Hall–Kier alpha value is -7.07. The molecule has 0 spiro atoms. The molecule has 10 rings (SSSR count). The van der Waals surface area contributed by atoms with Crippen LogP contribution in [0.4, 0.5) is 42.9 Å². The number of ketones is 1. The predicted molar refractivity (Wildman–Crippen MR) is 297 cm³/mol. The van der Waals surface area contributed by atoms with Crippen molar-refractivity contribution in [3.63, 3.8) is 0 Å². The number of hydrogen-bond acceptors (Lipinski definition) is 13. The van der Waals surface area contributed by atoms with Crippen LogP contribution in [0, 0.1) is 29.3 Å². The van der Waals surface area contributed by atoms with Gasteiger partial charge in [-0.05, 0) is 119 Å². The number of carbonyl (C=O) groups is 4. The Labute approximate surface area is 473 Å². The lowest BCUT2D eigenvalue weighted by atomic mass is 9.74. The number of methoxy groups -OCH3 is 4. The Morgan fingerprint density at radius 1 is 0.744 bits per heavy atom. The van der Waals surface area contributed by atoms with Gasteiger partial charge in [-0.3, -0.25) is 14.6 Å². The van der Waals surface area contributed by atoms with Crippen molar-refractivity contribution in [2.24, 2.45) is 16.8 Å². The lowest BCUT2D eigenvalue weighted by Gasteiger charge is -2.39. The molecule has 4 fully saturated rings. The van der Waals surface area contributed by atoms with Crippen molar-refractivity contribution < 1.29 is 60.1 Å². The fourth-order valence-electron chi connectivity index (χ4n) is 13.5. The highest BCUT2D eigenvalue weighted by Gasteiger charge is 2.47. The van der Waals surface area contributed by atoms with E-state index in [0.29, 0.717) is 93.3 Å². The van der Waals surface area contributed by atoms with Crippen LogP contribution in [0.1, 0.15) is 113 Å². The summed E-state index contributed by atoms with van der Waals surface area (Å²) in [7, 11) is 5.31. The van der Waals surface area contributed by atoms with E-state index in [1.165, 1.54) is 64.9 Å². The molecule has 4 N–H and O–H groups in total. The number of fused-ring (bicyclic) bond motifs is 2. The number of halogens is 5. The summed E-state index contributed by atoms with van der Waals surface area (Å²) >= 11 is 0. The first kappa shape index (κ1) is 58.1. The van der Waals surface area contributed by atoms with Crippen LogP contribution in [0.15, 0.2) is 82.5 Å². The highest BCUT2D eigenvalue weighted by atomic mass is 19.1. The number of allylic oxidation sites excluding steroid dienone is 2. The summed E-state index contributed by atoms with van der Waals surface area (Å²) in [4.78, 5) is 71.5. The van der Waals surface area contributed by atoms with E-state index in [0.717, 1.165) is 18.4 Å². The Bertz CT molecular complexity index is 3040. The second kappa shape index (κ2) is 24.8. The number of hydrogen-bond donors (Lipinski definition) is 4. The van der Waals surface area contributed by atoms with Crippen LogP contribution in [0.25, 0.3) is 6.08 Å². The van der Waals surface area contributed by atoms with Crippen LogP contribution < -0.4 is 25.8 Å². The summed E-state index contributed by atoms with van der Waals surface area (Å²) in [6.45, 7) is 4.40. The van der Waals surface area contributed by atoms with Crippen molar-refractivity contribution in [2.75, 3.05) is 57.9 Å². The van der Waals surface area contributed by atoms with E-state index in [4.69, 9.17) is 28.9 Å². The van der Waals surface area contributed by atoms with Crippen LogP contribution in [-0.4, -0.2) is 141 Å². The molecule has 1 aromatic heterocycles. The number of amides is 3. The number of carbonyl (C=O) groups excluding carboxylic acids is 4. The standard InChI is InChI=1S/C60H72F5N9O8/c1-31(79-3)52(70-59(77)81-5)55(75)37-10-7-8-11-38(37)56-67-47-29-40(42(63)30-48(47)68-56)50-20-19-49(74(50)36-26-43(64)54(44(65)27-36)72-24-21-34(22-25-72)33-13-15-35(61)16-14-33)39-28-46-45(18-17-41(39)62)66-57(69-46)51-12-9-23-73(51)58(76)53(32(2)80-4)71-60(78)82-6/h13-18,26-28,30-32,34,37-38,40,45,49-53H,7-12,19-25,29H2,1-6H3,(H,66,69)(H,67,68)(H,70,77)(H,71,78)/t31-,32-,37?,38-,40?,45?,49-,50-,51+,52+,53+/m1/s1. The minimum absolute atomic E-state index is 0.0746. The van der Waals surface area contributed by atoms with Gasteiger partial charge in [-0.15, -0.1) is 0 Å². The molecule has 0 bridgehead atoms. The fraction of sp³-hybridized carbons (Fsp3) is 0.533. The molecule has 4 aliphatic heterocycles. The molecule has 5 heterocycles. The number of rotatable bonds is 16. The zero-order valence-corrected chi connectivity index (χ0v) is 47.0. The van der Waals surface area contributed by atoms with Gasteiger partial charge in [-0.2, -0.15) is 0 Å². The van der Waals surface area contributed by atoms with E-state index in [2.05, 4.69) is 20.9 Å². The summed E-state index contributed by atoms with van der Waals surface area (Å²) in [5.74, 6) is -4.55. The molecule has 7 aliphatic rings. The maximum atomic E-state index is 17.2. The maximum Gasteiger partial charge on any atom is 0.407 e. The number of amidine groups is 1. The van der Waals surface area contributed by atoms with Crippen molar-refractivity contribution in [3.8, 4) is 0 Å². The zero-order valence-electron chi connectivity index (χ0n) is 47.0. The Kier molecular flexibility index (Phi) is 17.6. The third kappa shape index (κ3) is 11.7. The van der Waals surface area contributed by atoms with Crippen molar-refractivity contribution in [1.29, 1.82) is 0 Å². The molecular formula is C60H72F5N9O8. The number of likely N-dealkylation sites (tertiary alicyclic amines) is 1. The number of alkyl carbamates (subject to hydrolysis) is 2. The summed E-state index contributed by atoms with van der Waals surface area (Å²) < 4.78 is 103. The molecular weight excluding hydrogens is 1070 g/mol. The molecule has 0 radical (unpaired) electrons. The number of piperidine rings is 1. The molecule has 11 atom stereocenters. The Morgan fingerprint density at radius 2 is 1.41 bits per heavy atom. The number of Topliss-reactive ketones (excluding diaryl/α,β-unsaturated/α-hetero) is 1.